The first-order chi connectivity index (χ1) is 10.2. The molecule has 5 heteroatoms. The molecule has 2 aromatic rings. The van der Waals surface area contributed by atoms with Crippen LogP contribution >= 0.6 is 0 Å². The van der Waals surface area contributed by atoms with Gasteiger partial charge in [-0.05, 0) is 39.8 Å². The summed E-state index contributed by atoms with van der Waals surface area (Å²) < 4.78 is 5.75. The van der Waals surface area contributed by atoms with Crippen LogP contribution in [0.1, 0.15) is 33.5 Å². The Labute approximate surface area is 128 Å². The minimum atomic E-state index is -0.903. The first-order valence-corrected chi connectivity index (χ1v) is 7.12. The van der Waals surface area contributed by atoms with Crippen LogP contribution in [0.2, 0.25) is 0 Å². The highest BCUT2D eigenvalue weighted by Crippen LogP contribution is 2.45. The highest BCUT2D eigenvalue weighted by Gasteiger charge is 2.48. The first kappa shape index (κ1) is 14.8. The van der Waals surface area contributed by atoms with Gasteiger partial charge in [-0.3, -0.25) is 4.79 Å². The van der Waals surface area contributed by atoms with E-state index >= 15 is 0 Å². The highest BCUT2D eigenvalue weighted by molar-refractivity contribution is 5.83. The third-order valence-corrected chi connectivity index (χ3v) is 4.21. The normalized spacial score (nSPS) is 20.3. The summed E-state index contributed by atoms with van der Waals surface area (Å²) in [6.45, 7) is 7.06. The average molecular weight is 300 g/mol. The molecule has 22 heavy (non-hydrogen) atoms. The molecular weight excluding hydrogens is 282 g/mol. The van der Waals surface area contributed by atoms with E-state index in [9.17, 15) is 15.1 Å². The number of hydroxylamine groups is 2. The molecule has 115 valence electrons. The van der Waals surface area contributed by atoms with Gasteiger partial charge in [0.05, 0.1) is 16.5 Å². The molecule has 2 heterocycles. The summed E-state index contributed by atoms with van der Waals surface area (Å²) in [7, 11) is 0. The van der Waals surface area contributed by atoms with Crippen molar-refractivity contribution in [2.24, 2.45) is 0 Å². The highest BCUT2D eigenvalue weighted by atomic mass is 16.5. The number of rotatable bonds is 1. The summed E-state index contributed by atoms with van der Waals surface area (Å²) in [4.78, 5) is 12.3. The van der Waals surface area contributed by atoms with Gasteiger partial charge >= 0.3 is 0 Å². The van der Waals surface area contributed by atoms with Gasteiger partial charge in [-0.25, -0.2) is 0 Å². The number of para-hydroxylation sites is 1. The maximum Gasteiger partial charge on any atom is 0.235 e. The smallest absolute Gasteiger partial charge is 0.235 e. The number of aromatic hydroxyl groups is 1. The first-order valence-electron chi connectivity index (χ1n) is 7.12. The predicted molar refractivity (Wildman–Crippen MR) is 82.8 cm³/mol. The largest absolute Gasteiger partial charge is 0.502 e. The van der Waals surface area contributed by atoms with Crippen molar-refractivity contribution in [3.63, 3.8) is 0 Å². The summed E-state index contributed by atoms with van der Waals surface area (Å²) in [5, 5.41) is 24.0. The predicted octanol–water partition coefficient (Wildman–Crippen LogP) is 3.10. The van der Waals surface area contributed by atoms with Crippen molar-refractivity contribution >= 4 is 16.5 Å². The second-order valence-corrected chi connectivity index (χ2v) is 6.67. The van der Waals surface area contributed by atoms with Crippen LogP contribution in [0.3, 0.4) is 0 Å². The minimum absolute atomic E-state index is 0.0696. The van der Waals surface area contributed by atoms with Crippen molar-refractivity contribution in [3.8, 4) is 5.75 Å². The molecule has 1 radical (unpaired) electrons. The molecule has 0 fully saturated rings. The van der Waals surface area contributed by atoms with Crippen LogP contribution in [-0.4, -0.2) is 21.2 Å². The third-order valence-electron chi connectivity index (χ3n) is 4.21. The van der Waals surface area contributed by atoms with E-state index in [-0.39, 0.29) is 5.76 Å². The molecule has 0 bridgehead atoms. The summed E-state index contributed by atoms with van der Waals surface area (Å²) in [6, 6.07) is 6.73. The fraction of sp³-hybridized carbons (Fsp3) is 0.353. The average Bonchev–Trinajstić information content (AvgIpc) is 2.63. The summed E-state index contributed by atoms with van der Waals surface area (Å²) >= 11 is 0. The van der Waals surface area contributed by atoms with Gasteiger partial charge in [-0.15, -0.1) is 10.3 Å². The van der Waals surface area contributed by atoms with Crippen molar-refractivity contribution < 1.29 is 14.7 Å². The molecule has 1 aliphatic rings. The Morgan fingerprint density at radius 3 is 2.36 bits per heavy atom. The summed E-state index contributed by atoms with van der Waals surface area (Å²) in [5.41, 5.74) is -1.22. The molecule has 0 amide bonds. The topological polar surface area (TPSA) is 73.6 Å². The Morgan fingerprint density at radius 2 is 1.77 bits per heavy atom. The van der Waals surface area contributed by atoms with E-state index in [1.807, 2.05) is 0 Å². The minimum Gasteiger partial charge on any atom is -0.502 e. The lowest BCUT2D eigenvalue weighted by Gasteiger charge is -2.33. The van der Waals surface area contributed by atoms with E-state index in [1.54, 1.807) is 58.0 Å². The lowest BCUT2D eigenvalue weighted by atomic mass is 9.93. The number of fused-ring (bicyclic) bond motifs is 1. The second-order valence-electron chi connectivity index (χ2n) is 6.67. The zero-order chi connectivity index (χ0) is 16.3. The molecule has 0 saturated heterocycles. The van der Waals surface area contributed by atoms with E-state index in [2.05, 4.69) is 0 Å². The zero-order valence-corrected chi connectivity index (χ0v) is 13.0. The maximum atomic E-state index is 12.5. The SMILES string of the molecule is CC1(C)C=C(c2oc3ccccc3c(=O)c2O)C(C)(C)N1[O]. The molecule has 5 nitrogen and oxygen atoms in total. The fourth-order valence-corrected chi connectivity index (χ4v) is 3.08. The zero-order valence-electron chi connectivity index (χ0n) is 13.0. The summed E-state index contributed by atoms with van der Waals surface area (Å²) in [6.07, 6.45) is 1.74. The number of nitrogens with zero attached hydrogens (tertiary/aromatic N) is 1. The Kier molecular flexibility index (Phi) is 2.99. The van der Waals surface area contributed by atoms with Crippen molar-refractivity contribution in [2.75, 3.05) is 0 Å². The molecule has 1 aliphatic heterocycles. The van der Waals surface area contributed by atoms with Crippen molar-refractivity contribution in [2.45, 2.75) is 38.8 Å². The van der Waals surface area contributed by atoms with E-state index in [4.69, 9.17) is 4.42 Å². The molecule has 0 unspecified atom stereocenters. The van der Waals surface area contributed by atoms with Gasteiger partial charge < -0.3 is 9.52 Å². The van der Waals surface area contributed by atoms with Crippen LogP contribution in [0, 0.1) is 0 Å². The molecule has 0 saturated carbocycles. The Bertz CT molecular complexity index is 845. The molecule has 1 aromatic heterocycles. The molecule has 3 rings (SSSR count). The molecule has 1 N–H and O–H groups in total. The van der Waals surface area contributed by atoms with E-state index in [1.165, 1.54) is 0 Å². The molecule has 0 aliphatic carbocycles. The lowest BCUT2D eigenvalue weighted by Crippen LogP contribution is -2.46. The quantitative estimate of drug-likeness (QED) is 0.878. The fourth-order valence-electron chi connectivity index (χ4n) is 3.08. The monoisotopic (exact) mass is 300 g/mol. The molecular formula is C17H18NO4. The Balaban J connectivity index is 2.32. The second kappa shape index (κ2) is 4.44. The number of hydrogen-bond donors (Lipinski definition) is 1. The summed E-state index contributed by atoms with van der Waals surface area (Å²) in [5.74, 6) is -0.385. The molecule has 1 aromatic carbocycles. The van der Waals surface area contributed by atoms with Crippen LogP contribution in [0.15, 0.2) is 39.6 Å². The Morgan fingerprint density at radius 1 is 1.14 bits per heavy atom. The van der Waals surface area contributed by atoms with Gasteiger partial charge in [0.25, 0.3) is 0 Å². The van der Waals surface area contributed by atoms with Gasteiger partial charge in [-0.2, -0.15) is 0 Å². The lowest BCUT2D eigenvalue weighted by molar-refractivity contribution is -0.234. The van der Waals surface area contributed by atoms with Crippen molar-refractivity contribution in [1.82, 2.24) is 5.06 Å². The van der Waals surface area contributed by atoms with Crippen LogP contribution in [0.25, 0.3) is 16.5 Å². The molecule has 0 spiro atoms. The molecule has 0 atom stereocenters. The van der Waals surface area contributed by atoms with E-state index in [0.29, 0.717) is 16.5 Å². The Hall–Kier alpha value is -2.11. The number of benzene rings is 1. The van der Waals surface area contributed by atoms with Gasteiger partial charge in [-0.1, -0.05) is 18.2 Å². The van der Waals surface area contributed by atoms with Gasteiger partial charge in [0.1, 0.15) is 5.58 Å². The van der Waals surface area contributed by atoms with Crippen LogP contribution in [0.5, 0.6) is 5.75 Å². The van der Waals surface area contributed by atoms with Crippen LogP contribution < -0.4 is 5.43 Å². The van der Waals surface area contributed by atoms with Gasteiger partial charge in [0.15, 0.2) is 5.76 Å². The van der Waals surface area contributed by atoms with E-state index in [0.717, 1.165) is 5.06 Å². The number of hydrogen-bond acceptors (Lipinski definition) is 4. The van der Waals surface area contributed by atoms with Crippen molar-refractivity contribution in [3.05, 3.63) is 46.3 Å². The third kappa shape index (κ3) is 1.90. The van der Waals surface area contributed by atoms with Crippen LogP contribution in [0.4, 0.5) is 0 Å². The van der Waals surface area contributed by atoms with Crippen LogP contribution in [-0.2, 0) is 5.21 Å². The van der Waals surface area contributed by atoms with Gasteiger partial charge in [0.2, 0.25) is 11.2 Å². The van der Waals surface area contributed by atoms with E-state index < -0.39 is 22.3 Å². The maximum absolute atomic E-state index is 12.5. The standard InChI is InChI=1S/C17H18NO4/c1-16(2)9-11(17(3,4)18(16)21)15-14(20)13(19)10-7-5-6-8-12(10)22-15/h5-9,20H,1-4H3. The van der Waals surface area contributed by atoms with Crippen molar-refractivity contribution in [1.29, 1.82) is 0 Å². The van der Waals surface area contributed by atoms with Gasteiger partial charge in [0, 0.05) is 5.57 Å².